The summed E-state index contributed by atoms with van der Waals surface area (Å²) in [4.78, 5) is 16.0. The zero-order valence-electron chi connectivity index (χ0n) is 11.8. The summed E-state index contributed by atoms with van der Waals surface area (Å²) in [6.07, 6.45) is 0. The van der Waals surface area contributed by atoms with Gasteiger partial charge in [0.05, 0.1) is 44.9 Å². The van der Waals surface area contributed by atoms with E-state index in [1.165, 1.54) is 0 Å². The molecule has 0 radical (unpaired) electrons. The van der Waals surface area contributed by atoms with E-state index in [0.29, 0.717) is 17.9 Å². The van der Waals surface area contributed by atoms with E-state index in [2.05, 4.69) is 6.92 Å². The van der Waals surface area contributed by atoms with Gasteiger partial charge in [-0.15, -0.1) is 0 Å². The fourth-order valence-corrected chi connectivity index (χ4v) is 2.47. The van der Waals surface area contributed by atoms with Crippen LogP contribution in [0.4, 0.5) is 0 Å². The van der Waals surface area contributed by atoms with Crippen molar-refractivity contribution in [2.24, 2.45) is 0 Å². The minimum absolute atomic E-state index is 0.0965. The Morgan fingerprint density at radius 3 is 2.58 bits per heavy atom. The molecule has 1 saturated heterocycles. The molecule has 0 bridgehead atoms. The maximum Gasteiger partial charge on any atom is 0.258 e. The highest BCUT2D eigenvalue weighted by Gasteiger charge is 2.25. The van der Waals surface area contributed by atoms with Crippen molar-refractivity contribution in [2.45, 2.75) is 13.8 Å². The van der Waals surface area contributed by atoms with Gasteiger partial charge in [0.25, 0.3) is 5.91 Å². The zero-order valence-corrected chi connectivity index (χ0v) is 11.8. The van der Waals surface area contributed by atoms with E-state index in [-0.39, 0.29) is 5.91 Å². The lowest BCUT2D eigenvalue weighted by molar-refractivity contribution is -0.902. The van der Waals surface area contributed by atoms with Crippen LogP contribution in [-0.4, -0.2) is 50.1 Å². The van der Waals surface area contributed by atoms with E-state index in [1.54, 1.807) is 4.90 Å². The lowest BCUT2D eigenvalue weighted by Gasteiger charge is -2.31. The molecule has 19 heavy (non-hydrogen) atoms. The maximum absolute atomic E-state index is 12.5. The molecule has 1 N–H and O–H groups in total. The van der Waals surface area contributed by atoms with Gasteiger partial charge >= 0.3 is 0 Å². The van der Waals surface area contributed by atoms with Gasteiger partial charge < -0.3 is 14.5 Å². The number of hydrogen-bond donors (Lipinski definition) is 1. The number of rotatable bonds is 4. The molecule has 1 aromatic rings. The van der Waals surface area contributed by atoms with Crippen LogP contribution in [0.3, 0.4) is 0 Å². The van der Waals surface area contributed by atoms with Crippen LogP contribution in [0.1, 0.15) is 24.2 Å². The molecular formula is C15H23N2O2+. The molecule has 104 valence electrons. The Balaban J connectivity index is 2.07. The third-order valence-corrected chi connectivity index (χ3v) is 3.68. The highest BCUT2D eigenvalue weighted by Crippen LogP contribution is 2.19. The Morgan fingerprint density at radius 1 is 1.26 bits per heavy atom. The molecule has 1 aliphatic heterocycles. The number of nitrogens with zero attached hydrogens (tertiary/aromatic N) is 1. The van der Waals surface area contributed by atoms with Crippen LogP contribution in [0.25, 0.3) is 0 Å². The Bertz CT molecular complexity index is 426. The lowest BCUT2D eigenvalue weighted by Crippen LogP contribution is -3.14. The summed E-state index contributed by atoms with van der Waals surface area (Å²) < 4.78 is 5.54. The predicted molar refractivity (Wildman–Crippen MR) is 74.8 cm³/mol. The Kier molecular flexibility index (Phi) is 4.80. The summed E-state index contributed by atoms with van der Waals surface area (Å²) in [6.45, 7) is 9.60. The van der Waals surface area contributed by atoms with Gasteiger partial charge in [0.15, 0.2) is 0 Å². The highest BCUT2D eigenvalue weighted by atomic mass is 16.5. The van der Waals surface area contributed by atoms with Crippen LogP contribution < -0.4 is 9.64 Å². The van der Waals surface area contributed by atoms with Crippen LogP contribution >= 0.6 is 0 Å². The number of carbonyl (C=O) groups is 1. The minimum Gasteiger partial charge on any atom is -0.493 e. The predicted octanol–water partition coefficient (Wildman–Crippen LogP) is 0.446. The summed E-state index contributed by atoms with van der Waals surface area (Å²) in [5.41, 5.74) is 0.685. The normalized spacial score (nSPS) is 16.4. The van der Waals surface area contributed by atoms with Gasteiger partial charge in [0, 0.05) is 0 Å². The summed E-state index contributed by atoms with van der Waals surface area (Å²) in [5.74, 6) is 0.791. The number of carbonyl (C=O) groups excluding carboxylic acids is 1. The molecule has 1 aliphatic rings. The molecule has 0 aromatic heterocycles. The van der Waals surface area contributed by atoms with Gasteiger partial charge in [-0.05, 0) is 26.0 Å². The fourth-order valence-electron chi connectivity index (χ4n) is 2.47. The summed E-state index contributed by atoms with van der Waals surface area (Å²) in [7, 11) is 0. The molecule has 2 rings (SSSR count). The molecule has 0 spiro atoms. The topological polar surface area (TPSA) is 34.0 Å². The second kappa shape index (κ2) is 6.57. The van der Waals surface area contributed by atoms with Gasteiger partial charge in [-0.1, -0.05) is 12.1 Å². The van der Waals surface area contributed by atoms with Crippen molar-refractivity contribution in [3.8, 4) is 5.75 Å². The number of amides is 1. The maximum atomic E-state index is 12.5. The Labute approximate surface area is 115 Å². The number of likely N-dealkylation sites (N-methyl/N-ethyl adjacent to an activating group) is 1. The highest BCUT2D eigenvalue weighted by molar-refractivity contribution is 5.97. The lowest BCUT2D eigenvalue weighted by atomic mass is 10.1. The number of ether oxygens (including phenoxy) is 1. The van der Waals surface area contributed by atoms with Gasteiger partial charge in [-0.2, -0.15) is 0 Å². The van der Waals surface area contributed by atoms with Crippen LogP contribution in [0.2, 0.25) is 0 Å². The van der Waals surface area contributed by atoms with Crippen molar-refractivity contribution < 1.29 is 14.4 Å². The van der Waals surface area contributed by atoms with Gasteiger partial charge in [-0.25, -0.2) is 0 Å². The molecule has 0 aliphatic carbocycles. The quantitative estimate of drug-likeness (QED) is 0.855. The monoisotopic (exact) mass is 263 g/mol. The molecule has 1 heterocycles. The van der Waals surface area contributed by atoms with Crippen molar-refractivity contribution in [1.82, 2.24) is 4.90 Å². The van der Waals surface area contributed by atoms with E-state index in [4.69, 9.17) is 4.74 Å². The molecule has 4 heteroatoms. The largest absolute Gasteiger partial charge is 0.493 e. The first-order valence-corrected chi connectivity index (χ1v) is 7.11. The second-order valence-corrected chi connectivity index (χ2v) is 4.82. The van der Waals surface area contributed by atoms with Crippen LogP contribution in [0.5, 0.6) is 5.75 Å². The molecule has 1 amide bonds. The van der Waals surface area contributed by atoms with E-state index in [1.807, 2.05) is 36.1 Å². The average Bonchev–Trinajstić information content (AvgIpc) is 2.47. The van der Waals surface area contributed by atoms with E-state index in [0.717, 1.165) is 32.7 Å². The van der Waals surface area contributed by atoms with Crippen molar-refractivity contribution in [2.75, 3.05) is 39.3 Å². The molecule has 0 atom stereocenters. The van der Waals surface area contributed by atoms with Gasteiger partial charge in [-0.3, -0.25) is 4.79 Å². The Hall–Kier alpha value is -1.55. The minimum atomic E-state index is 0.0965. The number of quaternary nitrogens is 1. The van der Waals surface area contributed by atoms with E-state index in [9.17, 15) is 4.79 Å². The second-order valence-electron chi connectivity index (χ2n) is 4.82. The van der Waals surface area contributed by atoms with Crippen molar-refractivity contribution in [3.63, 3.8) is 0 Å². The molecule has 0 saturated carbocycles. The van der Waals surface area contributed by atoms with Crippen molar-refractivity contribution in [1.29, 1.82) is 0 Å². The summed E-state index contributed by atoms with van der Waals surface area (Å²) in [5, 5.41) is 0. The first kappa shape index (κ1) is 13.9. The van der Waals surface area contributed by atoms with Crippen molar-refractivity contribution >= 4 is 5.91 Å². The third kappa shape index (κ3) is 3.26. The smallest absolute Gasteiger partial charge is 0.258 e. The van der Waals surface area contributed by atoms with Gasteiger partial charge in [0.2, 0.25) is 0 Å². The summed E-state index contributed by atoms with van der Waals surface area (Å²) >= 11 is 0. The number of para-hydroxylation sites is 1. The zero-order chi connectivity index (χ0) is 13.7. The number of hydrogen-bond acceptors (Lipinski definition) is 2. The molecule has 1 fully saturated rings. The number of nitrogens with one attached hydrogen (secondary N) is 1. The van der Waals surface area contributed by atoms with Crippen LogP contribution in [0.15, 0.2) is 24.3 Å². The first-order valence-electron chi connectivity index (χ1n) is 7.11. The average molecular weight is 263 g/mol. The number of piperazine rings is 1. The molecule has 4 nitrogen and oxygen atoms in total. The van der Waals surface area contributed by atoms with Crippen LogP contribution in [-0.2, 0) is 0 Å². The van der Waals surface area contributed by atoms with E-state index < -0.39 is 0 Å². The molecule has 1 aromatic carbocycles. The SMILES string of the molecule is CCOc1ccccc1C(=O)N1CC[NH+](CC)CC1. The third-order valence-electron chi connectivity index (χ3n) is 3.68. The standard InChI is InChI=1S/C15H22N2O2/c1-3-16-9-11-17(12-10-16)15(18)13-7-5-6-8-14(13)19-4-2/h5-8H,3-4,9-12H2,1-2H3/p+1. The first-order chi connectivity index (χ1) is 9.26. The van der Waals surface area contributed by atoms with Crippen LogP contribution in [0, 0.1) is 0 Å². The Morgan fingerprint density at radius 2 is 1.95 bits per heavy atom. The molecular weight excluding hydrogens is 240 g/mol. The van der Waals surface area contributed by atoms with E-state index >= 15 is 0 Å². The summed E-state index contributed by atoms with van der Waals surface area (Å²) in [6, 6.07) is 7.51. The van der Waals surface area contributed by atoms with Gasteiger partial charge in [0.1, 0.15) is 5.75 Å². The fraction of sp³-hybridized carbons (Fsp3) is 0.533. The van der Waals surface area contributed by atoms with Crippen molar-refractivity contribution in [3.05, 3.63) is 29.8 Å². The number of benzene rings is 1. The molecule has 0 unspecified atom stereocenters.